The molecule has 5 heteroatoms. The van der Waals surface area contributed by atoms with Gasteiger partial charge in [0.25, 0.3) is 5.91 Å². The fourth-order valence-electron chi connectivity index (χ4n) is 2.42. The van der Waals surface area contributed by atoms with Crippen molar-refractivity contribution in [3.05, 3.63) is 28.5 Å². The molecule has 1 fully saturated rings. The molecule has 98 valence electrons. The number of likely N-dealkylation sites (tertiary alicyclic amines) is 1. The van der Waals surface area contributed by atoms with Crippen LogP contribution < -0.4 is 0 Å². The summed E-state index contributed by atoms with van der Waals surface area (Å²) in [5, 5.41) is 9.08. The van der Waals surface area contributed by atoms with Gasteiger partial charge in [-0.2, -0.15) is 0 Å². The first-order valence-electron chi connectivity index (χ1n) is 6.26. The largest absolute Gasteiger partial charge is 0.396 e. The Hall–Kier alpha value is -0.940. The van der Waals surface area contributed by atoms with Crippen molar-refractivity contribution in [2.45, 2.75) is 31.7 Å². The summed E-state index contributed by atoms with van der Waals surface area (Å²) in [4.78, 5) is 18.4. The average Bonchev–Trinajstić information content (AvgIpc) is 2.39. The summed E-state index contributed by atoms with van der Waals surface area (Å²) in [5.74, 6) is 0.0382. The second-order valence-electron chi connectivity index (χ2n) is 4.53. The highest BCUT2D eigenvalue weighted by atomic mass is 79.9. The number of piperidine rings is 1. The molecule has 1 aliphatic rings. The molecule has 0 aliphatic carbocycles. The molecular formula is C13H17BrN2O2. The van der Waals surface area contributed by atoms with E-state index in [-0.39, 0.29) is 18.6 Å². The van der Waals surface area contributed by atoms with Gasteiger partial charge in [-0.15, -0.1) is 0 Å². The molecule has 0 spiro atoms. The van der Waals surface area contributed by atoms with Crippen LogP contribution in [-0.2, 0) is 0 Å². The lowest BCUT2D eigenvalue weighted by atomic mass is 9.98. The first-order chi connectivity index (χ1) is 8.72. The topological polar surface area (TPSA) is 53.4 Å². The third-order valence-electron chi connectivity index (χ3n) is 3.32. The van der Waals surface area contributed by atoms with Gasteiger partial charge in [-0.1, -0.05) is 0 Å². The summed E-state index contributed by atoms with van der Waals surface area (Å²) in [6.45, 7) is 0.915. The van der Waals surface area contributed by atoms with Gasteiger partial charge in [-0.05, 0) is 53.7 Å². The minimum atomic E-state index is 0.0382. The first-order valence-corrected chi connectivity index (χ1v) is 7.05. The van der Waals surface area contributed by atoms with Crippen molar-refractivity contribution in [1.82, 2.24) is 9.88 Å². The van der Waals surface area contributed by atoms with Crippen molar-refractivity contribution in [3.63, 3.8) is 0 Å². The summed E-state index contributed by atoms with van der Waals surface area (Å²) >= 11 is 3.28. The predicted octanol–water partition coefficient (Wildman–Crippen LogP) is 2.22. The van der Waals surface area contributed by atoms with Gasteiger partial charge in [0, 0.05) is 31.0 Å². The quantitative estimate of drug-likeness (QED) is 0.871. The smallest absolute Gasteiger partial charge is 0.254 e. The molecule has 0 aromatic carbocycles. The van der Waals surface area contributed by atoms with E-state index in [9.17, 15) is 4.79 Å². The van der Waals surface area contributed by atoms with Crippen LogP contribution in [0.2, 0.25) is 0 Å². The van der Waals surface area contributed by atoms with Crippen molar-refractivity contribution in [1.29, 1.82) is 0 Å². The number of aliphatic hydroxyl groups excluding tert-OH is 1. The molecule has 1 amide bonds. The van der Waals surface area contributed by atoms with Crippen LogP contribution in [0.25, 0.3) is 0 Å². The number of amides is 1. The molecule has 4 nitrogen and oxygen atoms in total. The van der Waals surface area contributed by atoms with Crippen LogP contribution in [0.3, 0.4) is 0 Å². The number of aliphatic hydroxyl groups is 1. The Labute approximate surface area is 115 Å². The molecule has 1 aromatic rings. The van der Waals surface area contributed by atoms with E-state index in [1.165, 1.54) is 0 Å². The van der Waals surface area contributed by atoms with Crippen LogP contribution in [0.1, 0.15) is 36.0 Å². The zero-order chi connectivity index (χ0) is 13.0. The zero-order valence-corrected chi connectivity index (χ0v) is 11.8. The van der Waals surface area contributed by atoms with Crippen molar-refractivity contribution in [3.8, 4) is 0 Å². The Morgan fingerprint density at radius 1 is 1.56 bits per heavy atom. The lowest BCUT2D eigenvalue weighted by molar-refractivity contribution is 0.0574. The first kappa shape index (κ1) is 13.5. The van der Waals surface area contributed by atoms with E-state index in [4.69, 9.17) is 5.11 Å². The normalized spacial score (nSPS) is 19.9. The Balaban J connectivity index is 2.15. The SMILES string of the molecule is O=C(c1ccnc(Br)c1)N1CCCCC1CCO. The van der Waals surface area contributed by atoms with Crippen LogP contribution in [0.15, 0.2) is 22.9 Å². The molecule has 18 heavy (non-hydrogen) atoms. The van der Waals surface area contributed by atoms with Gasteiger partial charge in [-0.25, -0.2) is 4.98 Å². The highest BCUT2D eigenvalue weighted by molar-refractivity contribution is 9.10. The maximum atomic E-state index is 12.4. The van der Waals surface area contributed by atoms with Crippen molar-refractivity contribution < 1.29 is 9.90 Å². The highest BCUT2D eigenvalue weighted by Gasteiger charge is 2.27. The number of halogens is 1. The van der Waals surface area contributed by atoms with E-state index in [0.29, 0.717) is 16.6 Å². The predicted molar refractivity (Wildman–Crippen MR) is 72.3 cm³/mol. The third kappa shape index (κ3) is 3.09. The Morgan fingerprint density at radius 2 is 2.39 bits per heavy atom. The van der Waals surface area contributed by atoms with Crippen LogP contribution in [-0.4, -0.2) is 40.1 Å². The fraction of sp³-hybridized carbons (Fsp3) is 0.538. The van der Waals surface area contributed by atoms with Gasteiger partial charge >= 0.3 is 0 Å². The molecule has 1 N–H and O–H groups in total. The van der Waals surface area contributed by atoms with Crippen LogP contribution in [0.5, 0.6) is 0 Å². The number of carbonyl (C=O) groups excluding carboxylic acids is 1. The molecule has 0 bridgehead atoms. The van der Waals surface area contributed by atoms with Crippen LogP contribution >= 0.6 is 15.9 Å². The van der Waals surface area contributed by atoms with Gasteiger partial charge in [0.15, 0.2) is 0 Å². The highest BCUT2D eigenvalue weighted by Crippen LogP contribution is 2.22. The third-order valence-corrected chi connectivity index (χ3v) is 3.76. The van der Waals surface area contributed by atoms with E-state index < -0.39 is 0 Å². The number of hydrogen-bond acceptors (Lipinski definition) is 3. The van der Waals surface area contributed by atoms with E-state index in [0.717, 1.165) is 25.8 Å². The monoisotopic (exact) mass is 312 g/mol. The standard InChI is InChI=1S/C13H17BrN2O2/c14-12-9-10(4-6-15-12)13(18)16-7-2-1-3-11(16)5-8-17/h4,6,9,11,17H,1-3,5,7-8H2. The van der Waals surface area contributed by atoms with Gasteiger partial charge < -0.3 is 10.0 Å². The van der Waals surface area contributed by atoms with Crippen molar-refractivity contribution in [2.75, 3.05) is 13.2 Å². The van der Waals surface area contributed by atoms with Gasteiger partial charge in [0.05, 0.1) is 0 Å². The Bertz CT molecular complexity index is 423. The maximum Gasteiger partial charge on any atom is 0.254 e. The minimum absolute atomic E-state index is 0.0382. The average molecular weight is 313 g/mol. The second kappa shape index (κ2) is 6.29. The Kier molecular flexibility index (Phi) is 4.72. The summed E-state index contributed by atoms with van der Waals surface area (Å²) in [6.07, 6.45) is 5.45. The van der Waals surface area contributed by atoms with Crippen molar-refractivity contribution in [2.24, 2.45) is 0 Å². The summed E-state index contributed by atoms with van der Waals surface area (Å²) in [7, 11) is 0. The number of nitrogens with zero attached hydrogens (tertiary/aromatic N) is 2. The number of rotatable bonds is 3. The molecule has 2 heterocycles. The molecule has 1 atom stereocenters. The van der Waals surface area contributed by atoms with Crippen molar-refractivity contribution >= 4 is 21.8 Å². The van der Waals surface area contributed by atoms with E-state index in [1.54, 1.807) is 18.3 Å². The van der Waals surface area contributed by atoms with Crippen LogP contribution in [0, 0.1) is 0 Å². The zero-order valence-electron chi connectivity index (χ0n) is 10.2. The molecule has 1 saturated heterocycles. The molecule has 1 aliphatic heterocycles. The van der Waals surface area contributed by atoms with E-state index >= 15 is 0 Å². The van der Waals surface area contributed by atoms with E-state index in [1.807, 2.05) is 4.90 Å². The summed E-state index contributed by atoms with van der Waals surface area (Å²) in [5.41, 5.74) is 0.654. The lowest BCUT2D eigenvalue weighted by Crippen LogP contribution is -2.44. The van der Waals surface area contributed by atoms with Gasteiger partial charge in [0.2, 0.25) is 0 Å². The molecular weight excluding hydrogens is 296 g/mol. The summed E-state index contributed by atoms with van der Waals surface area (Å²) < 4.78 is 0.670. The van der Waals surface area contributed by atoms with Crippen LogP contribution in [0.4, 0.5) is 0 Å². The van der Waals surface area contributed by atoms with Gasteiger partial charge in [-0.3, -0.25) is 4.79 Å². The second-order valence-corrected chi connectivity index (χ2v) is 5.34. The molecule has 0 saturated carbocycles. The molecule has 0 radical (unpaired) electrons. The lowest BCUT2D eigenvalue weighted by Gasteiger charge is -2.35. The minimum Gasteiger partial charge on any atom is -0.396 e. The summed E-state index contributed by atoms with van der Waals surface area (Å²) in [6, 6.07) is 3.65. The fourth-order valence-corrected chi connectivity index (χ4v) is 2.78. The number of carbonyl (C=O) groups is 1. The van der Waals surface area contributed by atoms with E-state index in [2.05, 4.69) is 20.9 Å². The number of pyridine rings is 1. The Morgan fingerprint density at radius 3 is 3.11 bits per heavy atom. The number of aromatic nitrogens is 1. The maximum absolute atomic E-state index is 12.4. The molecule has 2 rings (SSSR count). The number of hydrogen-bond donors (Lipinski definition) is 1. The van der Waals surface area contributed by atoms with Gasteiger partial charge in [0.1, 0.15) is 4.60 Å². The molecule has 1 aromatic heterocycles. The molecule has 1 unspecified atom stereocenters.